The molecule has 2 rings (SSSR count). The van der Waals surface area contributed by atoms with Crippen LogP contribution in [0.25, 0.3) is 11.3 Å². The maximum atomic E-state index is 8.87. The van der Waals surface area contributed by atoms with E-state index >= 15 is 0 Å². The summed E-state index contributed by atoms with van der Waals surface area (Å²) in [6.45, 7) is 0. The molecule has 6 heteroatoms. The number of nitriles is 1. The number of hydrogen-bond donors (Lipinski definition) is 0. The van der Waals surface area contributed by atoms with Gasteiger partial charge in [0.1, 0.15) is 16.6 Å². The van der Waals surface area contributed by atoms with Crippen LogP contribution < -0.4 is 0 Å². The molecule has 14 heavy (non-hydrogen) atoms. The molecule has 0 aliphatic heterocycles. The van der Waals surface area contributed by atoms with E-state index in [1.807, 2.05) is 13.2 Å². The second-order valence-electron chi connectivity index (χ2n) is 2.66. The molecule has 0 unspecified atom stereocenters. The number of nitrogens with zero attached hydrogens (tertiary/aromatic N) is 4. The van der Waals surface area contributed by atoms with Crippen LogP contribution in [0.3, 0.4) is 0 Å². The lowest BCUT2D eigenvalue weighted by Crippen LogP contribution is -1.84. The van der Waals surface area contributed by atoms with Crippen LogP contribution in [0.1, 0.15) is 4.88 Å². The Kier molecular flexibility index (Phi) is 2.35. The molecule has 0 amide bonds. The number of aromatic nitrogens is 3. The molecule has 0 spiro atoms. The highest BCUT2D eigenvalue weighted by atomic mass is 79.9. The van der Waals surface area contributed by atoms with Crippen LogP contribution in [-0.4, -0.2) is 14.8 Å². The SMILES string of the molecule is Cn1cc(-c2nc(Br)sc2C#N)cn1. The lowest BCUT2D eigenvalue weighted by Gasteiger charge is -1.88. The summed E-state index contributed by atoms with van der Waals surface area (Å²) in [4.78, 5) is 4.83. The third-order valence-corrected chi connectivity index (χ3v) is 3.09. The maximum Gasteiger partial charge on any atom is 0.161 e. The highest BCUT2D eigenvalue weighted by molar-refractivity contribution is 9.11. The average Bonchev–Trinajstić information content (AvgIpc) is 2.71. The molecule has 0 fully saturated rings. The van der Waals surface area contributed by atoms with Crippen LogP contribution >= 0.6 is 27.3 Å². The molecule has 2 heterocycles. The fourth-order valence-corrected chi connectivity index (χ4v) is 2.38. The summed E-state index contributed by atoms with van der Waals surface area (Å²) in [5.41, 5.74) is 1.56. The van der Waals surface area contributed by atoms with Crippen molar-refractivity contribution in [3.8, 4) is 17.3 Å². The standard InChI is InChI=1S/C8H5BrN4S/c1-13-4-5(3-11-13)7-6(2-10)14-8(9)12-7/h3-4H,1H3. The molecule has 4 nitrogen and oxygen atoms in total. The van der Waals surface area contributed by atoms with Gasteiger partial charge in [0, 0.05) is 18.8 Å². The minimum atomic E-state index is 0.602. The molecule has 0 bridgehead atoms. The molecule has 0 aliphatic carbocycles. The van der Waals surface area contributed by atoms with Crippen molar-refractivity contribution in [2.75, 3.05) is 0 Å². The van der Waals surface area contributed by atoms with E-state index < -0.39 is 0 Å². The van der Waals surface area contributed by atoms with Gasteiger partial charge in [0.25, 0.3) is 0 Å². The maximum absolute atomic E-state index is 8.87. The first kappa shape index (κ1) is 9.37. The predicted octanol–water partition coefficient (Wildman–Crippen LogP) is 2.18. The van der Waals surface area contributed by atoms with Gasteiger partial charge in [-0.25, -0.2) is 4.98 Å². The van der Waals surface area contributed by atoms with Gasteiger partial charge in [-0.05, 0) is 15.9 Å². The van der Waals surface area contributed by atoms with Gasteiger partial charge in [0.2, 0.25) is 0 Å². The van der Waals surface area contributed by atoms with Gasteiger partial charge in [0.05, 0.1) is 6.20 Å². The van der Waals surface area contributed by atoms with E-state index in [0.717, 1.165) is 5.56 Å². The van der Waals surface area contributed by atoms with Crippen LogP contribution in [0.5, 0.6) is 0 Å². The molecule has 0 N–H and O–H groups in total. The van der Waals surface area contributed by atoms with Crippen molar-refractivity contribution in [1.29, 1.82) is 5.26 Å². The Hall–Kier alpha value is -1.19. The summed E-state index contributed by atoms with van der Waals surface area (Å²) in [6, 6.07) is 2.11. The van der Waals surface area contributed by atoms with Crippen molar-refractivity contribution in [3.63, 3.8) is 0 Å². The Bertz CT molecular complexity index is 508. The van der Waals surface area contributed by atoms with Crippen LogP contribution in [0.4, 0.5) is 0 Å². The summed E-state index contributed by atoms with van der Waals surface area (Å²) in [6.07, 6.45) is 3.53. The summed E-state index contributed by atoms with van der Waals surface area (Å²) in [5.74, 6) is 0. The summed E-state index contributed by atoms with van der Waals surface area (Å²) < 4.78 is 2.40. The van der Waals surface area contributed by atoms with E-state index in [9.17, 15) is 0 Å². The van der Waals surface area contributed by atoms with Crippen LogP contribution in [0, 0.1) is 11.3 Å². The number of hydrogen-bond acceptors (Lipinski definition) is 4. The lowest BCUT2D eigenvalue weighted by molar-refractivity contribution is 0.768. The van der Waals surface area contributed by atoms with Crippen molar-refractivity contribution in [3.05, 3.63) is 21.2 Å². The van der Waals surface area contributed by atoms with E-state index in [0.29, 0.717) is 14.5 Å². The molecule has 0 saturated heterocycles. The van der Waals surface area contributed by atoms with Crippen molar-refractivity contribution in [2.45, 2.75) is 0 Å². The van der Waals surface area contributed by atoms with E-state index in [2.05, 4.69) is 32.1 Å². The average molecular weight is 269 g/mol. The number of rotatable bonds is 1. The quantitative estimate of drug-likeness (QED) is 0.797. The monoisotopic (exact) mass is 268 g/mol. The normalized spacial score (nSPS) is 10.1. The zero-order valence-corrected chi connectivity index (χ0v) is 9.63. The zero-order valence-electron chi connectivity index (χ0n) is 7.23. The molecule has 2 aromatic rings. The minimum Gasteiger partial charge on any atom is -0.275 e. The number of halogens is 1. The van der Waals surface area contributed by atoms with E-state index in [4.69, 9.17) is 5.26 Å². The Morgan fingerprint density at radius 1 is 1.64 bits per heavy atom. The van der Waals surface area contributed by atoms with Gasteiger partial charge >= 0.3 is 0 Å². The number of aryl methyl sites for hydroxylation is 1. The molecule has 0 saturated carbocycles. The fourth-order valence-electron chi connectivity index (χ4n) is 1.11. The highest BCUT2D eigenvalue weighted by Gasteiger charge is 2.12. The van der Waals surface area contributed by atoms with E-state index in [-0.39, 0.29) is 0 Å². The van der Waals surface area contributed by atoms with Crippen molar-refractivity contribution >= 4 is 27.3 Å². The molecule has 2 aromatic heterocycles. The third-order valence-electron chi connectivity index (χ3n) is 1.68. The van der Waals surface area contributed by atoms with Gasteiger partial charge < -0.3 is 0 Å². The Morgan fingerprint density at radius 2 is 2.43 bits per heavy atom. The molecule has 0 aliphatic rings. The first-order valence-corrected chi connectivity index (χ1v) is 5.37. The number of thiazole rings is 1. The highest BCUT2D eigenvalue weighted by Crippen LogP contribution is 2.29. The van der Waals surface area contributed by atoms with Crippen molar-refractivity contribution in [2.24, 2.45) is 7.05 Å². The van der Waals surface area contributed by atoms with E-state index in [1.165, 1.54) is 11.3 Å². The smallest absolute Gasteiger partial charge is 0.161 e. The van der Waals surface area contributed by atoms with Crippen LogP contribution in [0.15, 0.2) is 16.3 Å². The Labute approximate surface area is 92.9 Å². The lowest BCUT2D eigenvalue weighted by atomic mass is 10.2. The van der Waals surface area contributed by atoms with Gasteiger partial charge in [-0.15, -0.1) is 0 Å². The van der Waals surface area contributed by atoms with Gasteiger partial charge in [0.15, 0.2) is 3.92 Å². The summed E-state index contributed by atoms with van der Waals surface area (Å²) in [7, 11) is 1.83. The van der Waals surface area contributed by atoms with Crippen LogP contribution in [0.2, 0.25) is 0 Å². The van der Waals surface area contributed by atoms with Crippen LogP contribution in [-0.2, 0) is 7.05 Å². The molecular formula is C8H5BrN4S. The third kappa shape index (κ3) is 1.56. The first-order chi connectivity index (χ1) is 6.70. The Morgan fingerprint density at radius 3 is 3.00 bits per heavy atom. The summed E-state index contributed by atoms with van der Waals surface area (Å²) in [5, 5.41) is 12.9. The molecular weight excluding hydrogens is 264 g/mol. The largest absolute Gasteiger partial charge is 0.275 e. The fraction of sp³-hybridized carbons (Fsp3) is 0.125. The zero-order chi connectivity index (χ0) is 10.1. The molecule has 0 radical (unpaired) electrons. The second-order valence-corrected chi connectivity index (χ2v) is 4.93. The van der Waals surface area contributed by atoms with Gasteiger partial charge in [-0.1, -0.05) is 11.3 Å². The summed E-state index contributed by atoms with van der Waals surface area (Å²) >= 11 is 4.58. The van der Waals surface area contributed by atoms with Gasteiger partial charge in [-0.3, -0.25) is 4.68 Å². The predicted molar refractivity (Wildman–Crippen MR) is 56.7 cm³/mol. The minimum absolute atomic E-state index is 0.602. The van der Waals surface area contributed by atoms with Crippen molar-refractivity contribution in [1.82, 2.24) is 14.8 Å². The second kappa shape index (κ2) is 3.52. The molecule has 0 atom stereocenters. The Balaban J connectivity index is 2.56. The first-order valence-electron chi connectivity index (χ1n) is 3.76. The topological polar surface area (TPSA) is 54.5 Å². The molecule has 70 valence electrons. The van der Waals surface area contributed by atoms with Gasteiger partial charge in [-0.2, -0.15) is 10.4 Å². The van der Waals surface area contributed by atoms with E-state index in [1.54, 1.807) is 10.9 Å². The molecule has 0 aromatic carbocycles. The van der Waals surface area contributed by atoms with Crippen molar-refractivity contribution < 1.29 is 0 Å².